The molecular weight excluding hydrogens is 292 g/mol. The second-order valence-corrected chi connectivity index (χ2v) is 5.83. The van der Waals surface area contributed by atoms with Gasteiger partial charge in [0, 0.05) is 24.7 Å². The molecule has 5 heteroatoms. The molecule has 0 amide bonds. The number of hydrogen-bond acceptors (Lipinski definition) is 4. The molecule has 0 radical (unpaired) electrons. The third-order valence-corrected chi connectivity index (χ3v) is 4.40. The van der Waals surface area contributed by atoms with E-state index in [4.69, 9.17) is 4.74 Å². The fourth-order valence-corrected chi connectivity index (χ4v) is 3.18. The number of likely N-dealkylation sites (tertiary alicyclic amines) is 1. The summed E-state index contributed by atoms with van der Waals surface area (Å²) in [5.74, 6) is 0.869. The van der Waals surface area contributed by atoms with Gasteiger partial charge in [-0.25, -0.2) is 0 Å². The Morgan fingerprint density at radius 3 is 2.48 bits per heavy atom. The second kappa shape index (κ2) is 6.79. The van der Waals surface area contributed by atoms with Crippen LogP contribution in [-0.2, 0) is 6.54 Å². The smallest absolute Gasteiger partial charge is 0.269 e. The van der Waals surface area contributed by atoms with E-state index in [2.05, 4.69) is 17.0 Å². The van der Waals surface area contributed by atoms with Gasteiger partial charge in [0.25, 0.3) is 5.69 Å². The molecule has 0 aliphatic carbocycles. The minimum absolute atomic E-state index is 0.141. The molecule has 1 saturated heterocycles. The maximum absolute atomic E-state index is 10.7. The van der Waals surface area contributed by atoms with Crippen molar-refractivity contribution in [1.29, 1.82) is 0 Å². The number of nitrogens with zero attached hydrogens (tertiary/aromatic N) is 2. The topological polar surface area (TPSA) is 55.6 Å². The highest BCUT2D eigenvalue weighted by molar-refractivity contribution is 5.33. The van der Waals surface area contributed by atoms with Gasteiger partial charge in [-0.3, -0.25) is 15.0 Å². The lowest BCUT2D eigenvalue weighted by Crippen LogP contribution is -2.22. The van der Waals surface area contributed by atoms with Gasteiger partial charge in [0.15, 0.2) is 0 Å². The van der Waals surface area contributed by atoms with E-state index in [9.17, 15) is 10.1 Å². The van der Waals surface area contributed by atoms with Crippen molar-refractivity contribution in [2.75, 3.05) is 13.7 Å². The molecule has 2 aromatic rings. The zero-order valence-corrected chi connectivity index (χ0v) is 13.1. The molecule has 1 atom stereocenters. The van der Waals surface area contributed by atoms with Crippen molar-refractivity contribution in [3.63, 3.8) is 0 Å². The Kier molecular flexibility index (Phi) is 4.57. The quantitative estimate of drug-likeness (QED) is 0.620. The second-order valence-electron chi connectivity index (χ2n) is 5.83. The number of non-ortho nitro benzene ring substituents is 1. The molecule has 120 valence electrons. The van der Waals surface area contributed by atoms with Crippen LogP contribution in [0.25, 0.3) is 0 Å². The van der Waals surface area contributed by atoms with Crippen LogP contribution in [0.3, 0.4) is 0 Å². The molecule has 1 aliphatic rings. The van der Waals surface area contributed by atoms with Gasteiger partial charge in [0.2, 0.25) is 0 Å². The molecule has 1 aliphatic heterocycles. The third-order valence-electron chi connectivity index (χ3n) is 4.40. The lowest BCUT2D eigenvalue weighted by atomic mass is 10.0. The number of ether oxygens (including phenoxy) is 1. The zero-order valence-electron chi connectivity index (χ0n) is 13.1. The van der Waals surface area contributed by atoms with Crippen LogP contribution in [0.1, 0.15) is 30.0 Å². The summed E-state index contributed by atoms with van der Waals surface area (Å²) in [5, 5.41) is 10.7. The van der Waals surface area contributed by atoms with Gasteiger partial charge in [0.05, 0.1) is 12.0 Å². The predicted octanol–water partition coefficient (Wildman–Crippen LogP) is 3.94. The first-order chi connectivity index (χ1) is 11.2. The van der Waals surface area contributed by atoms with Gasteiger partial charge in [-0.2, -0.15) is 0 Å². The summed E-state index contributed by atoms with van der Waals surface area (Å²) in [4.78, 5) is 12.8. The van der Waals surface area contributed by atoms with Crippen molar-refractivity contribution < 1.29 is 9.66 Å². The minimum atomic E-state index is -0.361. The van der Waals surface area contributed by atoms with E-state index in [0.717, 1.165) is 30.8 Å². The summed E-state index contributed by atoms with van der Waals surface area (Å²) in [6.45, 7) is 1.86. The Bertz CT molecular complexity index is 668. The van der Waals surface area contributed by atoms with Gasteiger partial charge >= 0.3 is 0 Å². The molecule has 1 fully saturated rings. The molecule has 3 rings (SSSR count). The Morgan fingerprint density at radius 1 is 1.17 bits per heavy atom. The van der Waals surface area contributed by atoms with E-state index in [1.807, 2.05) is 24.3 Å². The van der Waals surface area contributed by atoms with Crippen molar-refractivity contribution in [3.05, 3.63) is 69.8 Å². The molecule has 0 unspecified atom stereocenters. The number of methoxy groups -OCH3 is 1. The average molecular weight is 312 g/mol. The number of nitro groups is 1. The maximum Gasteiger partial charge on any atom is 0.269 e. The van der Waals surface area contributed by atoms with E-state index in [-0.39, 0.29) is 10.6 Å². The average Bonchev–Trinajstić information content (AvgIpc) is 3.03. The molecule has 0 aromatic heterocycles. The molecule has 0 saturated carbocycles. The third kappa shape index (κ3) is 3.51. The number of nitro benzene ring substituents is 1. The summed E-state index contributed by atoms with van der Waals surface area (Å²) in [6.07, 6.45) is 2.31. The lowest BCUT2D eigenvalue weighted by molar-refractivity contribution is -0.384. The normalized spacial score (nSPS) is 18.0. The Hall–Kier alpha value is -2.40. The standard InChI is InChI=1S/C18H20N2O3/c1-23-17-10-6-15(7-11-17)18-3-2-12-19(18)13-14-4-8-16(9-5-14)20(21)22/h4-11,18H,2-3,12-13H2,1H3/t18-/m0/s1. The lowest BCUT2D eigenvalue weighted by Gasteiger charge is -2.25. The van der Waals surface area contributed by atoms with Crippen LogP contribution in [0.4, 0.5) is 5.69 Å². The number of hydrogen-bond donors (Lipinski definition) is 0. The van der Waals surface area contributed by atoms with Gasteiger partial charge in [-0.05, 0) is 42.6 Å². The molecule has 0 bridgehead atoms. The first-order valence-electron chi connectivity index (χ1n) is 7.78. The number of benzene rings is 2. The van der Waals surface area contributed by atoms with E-state index in [0.29, 0.717) is 6.04 Å². The summed E-state index contributed by atoms with van der Waals surface area (Å²) >= 11 is 0. The van der Waals surface area contributed by atoms with Gasteiger partial charge in [-0.1, -0.05) is 24.3 Å². The molecule has 2 aromatic carbocycles. The van der Waals surface area contributed by atoms with Crippen molar-refractivity contribution in [2.45, 2.75) is 25.4 Å². The maximum atomic E-state index is 10.7. The van der Waals surface area contributed by atoms with Crippen LogP contribution in [0.2, 0.25) is 0 Å². The minimum Gasteiger partial charge on any atom is -0.497 e. The van der Waals surface area contributed by atoms with Crippen LogP contribution in [0.15, 0.2) is 48.5 Å². The Balaban J connectivity index is 1.72. The molecule has 23 heavy (non-hydrogen) atoms. The van der Waals surface area contributed by atoms with Gasteiger partial charge in [0.1, 0.15) is 5.75 Å². The first kappa shape index (κ1) is 15.5. The van der Waals surface area contributed by atoms with Crippen LogP contribution >= 0.6 is 0 Å². The van der Waals surface area contributed by atoms with Crippen molar-refractivity contribution in [1.82, 2.24) is 4.90 Å². The van der Waals surface area contributed by atoms with Crippen LogP contribution in [-0.4, -0.2) is 23.5 Å². The van der Waals surface area contributed by atoms with Gasteiger partial charge in [-0.15, -0.1) is 0 Å². The molecule has 5 nitrogen and oxygen atoms in total. The van der Waals surface area contributed by atoms with E-state index >= 15 is 0 Å². The summed E-state index contributed by atoms with van der Waals surface area (Å²) in [7, 11) is 1.67. The van der Waals surface area contributed by atoms with Crippen LogP contribution < -0.4 is 4.74 Å². The Morgan fingerprint density at radius 2 is 1.87 bits per heavy atom. The van der Waals surface area contributed by atoms with E-state index < -0.39 is 0 Å². The molecule has 0 spiro atoms. The largest absolute Gasteiger partial charge is 0.497 e. The number of rotatable bonds is 5. The Labute approximate surface area is 135 Å². The fourth-order valence-electron chi connectivity index (χ4n) is 3.18. The van der Waals surface area contributed by atoms with E-state index in [1.165, 1.54) is 12.0 Å². The summed E-state index contributed by atoms with van der Waals surface area (Å²) in [6, 6.07) is 15.5. The molecular formula is C18H20N2O3. The molecule has 0 N–H and O–H groups in total. The SMILES string of the molecule is COc1ccc([C@@H]2CCCN2Cc2ccc([N+](=O)[O-])cc2)cc1. The van der Waals surface area contributed by atoms with Crippen molar-refractivity contribution in [3.8, 4) is 5.75 Å². The highest BCUT2D eigenvalue weighted by atomic mass is 16.6. The van der Waals surface area contributed by atoms with Gasteiger partial charge < -0.3 is 4.74 Å². The van der Waals surface area contributed by atoms with Crippen LogP contribution in [0.5, 0.6) is 5.75 Å². The first-order valence-corrected chi connectivity index (χ1v) is 7.78. The van der Waals surface area contributed by atoms with Crippen molar-refractivity contribution >= 4 is 5.69 Å². The predicted molar refractivity (Wildman–Crippen MR) is 88.5 cm³/mol. The summed E-state index contributed by atoms with van der Waals surface area (Å²) < 4.78 is 5.22. The zero-order chi connectivity index (χ0) is 16.2. The summed E-state index contributed by atoms with van der Waals surface area (Å²) in [5.41, 5.74) is 2.54. The van der Waals surface area contributed by atoms with E-state index in [1.54, 1.807) is 19.2 Å². The van der Waals surface area contributed by atoms with Crippen molar-refractivity contribution in [2.24, 2.45) is 0 Å². The van der Waals surface area contributed by atoms with Crippen LogP contribution in [0, 0.1) is 10.1 Å². The molecule has 1 heterocycles. The highest BCUT2D eigenvalue weighted by Crippen LogP contribution is 2.34. The fraction of sp³-hybridized carbons (Fsp3) is 0.333. The highest BCUT2D eigenvalue weighted by Gasteiger charge is 2.26. The monoisotopic (exact) mass is 312 g/mol.